The number of hydrogen-bond acceptors (Lipinski definition) is 3. The Morgan fingerprint density at radius 3 is 2.50 bits per heavy atom. The molecule has 0 spiro atoms. The quantitative estimate of drug-likeness (QED) is 0.366. The van der Waals surface area contributed by atoms with Gasteiger partial charge < -0.3 is 19.9 Å². The van der Waals surface area contributed by atoms with Crippen LogP contribution in [-0.2, 0) is 22.6 Å². The van der Waals surface area contributed by atoms with E-state index in [9.17, 15) is 4.79 Å². The van der Waals surface area contributed by atoms with Crippen LogP contribution in [0.1, 0.15) is 43.7 Å². The maximum absolute atomic E-state index is 12.0. The average molecular weight is 524 g/mol. The van der Waals surface area contributed by atoms with E-state index in [1.807, 2.05) is 4.90 Å². The number of carbonyl (C=O) groups is 1. The molecule has 4 saturated heterocycles. The van der Waals surface area contributed by atoms with Crippen molar-refractivity contribution in [3.63, 3.8) is 0 Å². The molecule has 0 saturated carbocycles. The summed E-state index contributed by atoms with van der Waals surface area (Å²) >= 11 is 0. The molecule has 4 atom stereocenters. The Labute approximate surface area is 196 Å². The van der Waals surface area contributed by atoms with Gasteiger partial charge in [-0.05, 0) is 37.3 Å². The summed E-state index contributed by atoms with van der Waals surface area (Å²) in [5.41, 5.74) is 2.43. The summed E-state index contributed by atoms with van der Waals surface area (Å²) in [4.78, 5) is 21.5. The molecule has 0 aromatic heterocycles. The van der Waals surface area contributed by atoms with Crippen molar-refractivity contribution in [2.75, 3.05) is 26.2 Å². The molecule has 4 fully saturated rings. The molecule has 4 unspecified atom stereocenters. The summed E-state index contributed by atoms with van der Waals surface area (Å²) in [5, 5.41) is 3.50. The van der Waals surface area contributed by atoms with E-state index < -0.39 is 0 Å². The summed E-state index contributed by atoms with van der Waals surface area (Å²) in [6, 6.07) is 8.42. The van der Waals surface area contributed by atoms with Crippen molar-refractivity contribution in [3.8, 4) is 0 Å². The van der Waals surface area contributed by atoms with Gasteiger partial charge in [0.25, 0.3) is 0 Å². The van der Waals surface area contributed by atoms with E-state index in [1.54, 1.807) is 0 Å². The molecule has 7 heteroatoms. The number of carbonyl (C=O) groups excluding carboxylic acids is 1. The summed E-state index contributed by atoms with van der Waals surface area (Å²) in [7, 11) is 0. The highest BCUT2D eigenvalue weighted by atomic mass is 127. The lowest BCUT2D eigenvalue weighted by Gasteiger charge is -2.23. The Bertz CT molecular complexity index is 783. The molecule has 30 heavy (non-hydrogen) atoms. The number of guanidine groups is 1. The first-order valence-electron chi connectivity index (χ1n) is 11.3. The van der Waals surface area contributed by atoms with Crippen LogP contribution in [0.2, 0.25) is 0 Å². The van der Waals surface area contributed by atoms with E-state index in [-0.39, 0.29) is 29.9 Å². The number of rotatable bonds is 5. The van der Waals surface area contributed by atoms with E-state index in [1.165, 1.54) is 24.0 Å². The minimum atomic E-state index is 0. The third kappa shape index (κ3) is 4.20. The highest BCUT2D eigenvalue weighted by molar-refractivity contribution is 14.0. The number of hydrogen-bond donors (Lipinski definition) is 1. The second kappa shape index (κ2) is 9.42. The van der Waals surface area contributed by atoms with Gasteiger partial charge in [0, 0.05) is 51.0 Å². The van der Waals surface area contributed by atoms with Gasteiger partial charge in [-0.25, -0.2) is 4.99 Å². The van der Waals surface area contributed by atoms with Gasteiger partial charge in [-0.1, -0.05) is 24.3 Å². The molecule has 6 nitrogen and oxygen atoms in total. The highest BCUT2D eigenvalue weighted by Gasteiger charge is 2.53. The predicted molar refractivity (Wildman–Crippen MR) is 128 cm³/mol. The minimum absolute atomic E-state index is 0. The van der Waals surface area contributed by atoms with Gasteiger partial charge in [0.1, 0.15) is 0 Å². The number of nitrogens with zero attached hydrogens (tertiary/aromatic N) is 3. The van der Waals surface area contributed by atoms with Crippen molar-refractivity contribution in [2.24, 2.45) is 16.8 Å². The molecule has 1 amide bonds. The molecule has 0 aliphatic carbocycles. The molecule has 1 N–H and O–H groups in total. The van der Waals surface area contributed by atoms with Crippen LogP contribution >= 0.6 is 24.0 Å². The van der Waals surface area contributed by atoms with Crippen LogP contribution in [0.5, 0.6) is 0 Å². The maximum atomic E-state index is 12.0. The molecule has 0 radical (unpaired) electrons. The first-order chi connectivity index (χ1) is 14.2. The van der Waals surface area contributed by atoms with Crippen molar-refractivity contribution in [1.29, 1.82) is 0 Å². The summed E-state index contributed by atoms with van der Waals surface area (Å²) in [6.45, 7) is 7.35. The normalized spacial score (nSPS) is 30.0. The van der Waals surface area contributed by atoms with Gasteiger partial charge in [0.2, 0.25) is 5.91 Å². The summed E-state index contributed by atoms with van der Waals surface area (Å²) in [5.74, 6) is 2.64. The van der Waals surface area contributed by atoms with Crippen molar-refractivity contribution in [3.05, 3.63) is 35.4 Å². The van der Waals surface area contributed by atoms with E-state index in [0.29, 0.717) is 43.6 Å². The van der Waals surface area contributed by atoms with Crippen LogP contribution in [0.15, 0.2) is 29.3 Å². The molecule has 4 aliphatic heterocycles. The van der Waals surface area contributed by atoms with E-state index in [0.717, 1.165) is 38.6 Å². The van der Waals surface area contributed by atoms with Crippen molar-refractivity contribution in [2.45, 2.75) is 57.9 Å². The molecule has 1 aromatic carbocycles. The Balaban J connectivity index is 0.00000218. The number of aliphatic imine (C=N–C) groups is 1. The molecular weight excluding hydrogens is 491 g/mol. The second-order valence-electron chi connectivity index (χ2n) is 8.88. The fraction of sp³-hybridized carbons (Fsp3) is 0.652. The number of ether oxygens (including phenoxy) is 1. The fourth-order valence-corrected chi connectivity index (χ4v) is 5.66. The minimum Gasteiger partial charge on any atom is -0.374 e. The lowest BCUT2D eigenvalue weighted by atomic mass is 9.82. The molecule has 1 aromatic rings. The number of benzene rings is 1. The second-order valence-corrected chi connectivity index (χ2v) is 8.88. The largest absolute Gasteiger partial charge is 0.374 e. The van der Waals surface area contributed by atoms with E-state index in [2.05, 4.69) is 41.4 Å². The van der Waals surface area contributed by atoms with E-state index in [4.69, 9.17) is 9.73 Å². The molecular formula is C23H33IN4O2. The molecule has 4 heterocycles. The van der Waals surface area contributed by atoms with Crippen molar-refractivity contribution >= 4 is 35.8 Å². The number of halogens is 1. The molecule has 164 valence electrons. The lowest BCUT2D eigenvalue weighted by Crippen LogP contribution is -2.41. The van der Waals surface area contributed by atoms with Crippen LogP contribution in [-0.4, -0.2) is 60.1 Å². The monoisotopic (exact) mass is 524 g/mol. The van der Waals surface area contributed by atoms with Crippen LogP contribution in [0.3, 0.4) is 0 Å². The zero-order valence-electron chi connectivity index (χ0n) is 17.8. The Morgan fingerprint density at radius 2 is 1.87 bits per heavy atom. The van der Waals surface area contributed by atoms with Gasteiger partial charge in [-0.3, -0.25) is 4.79 Å². The van der Waals surface area contributed by atoms with E-state index >= 15 is 0 Å². The third-order valence-electron chi connectivity index (χ3n) is 7.14. The van der Waals surface area contributed by atoms with Crippen LogP contribution in [0, 0.1) is 11.8 Å². The van der Waals surface area contributed by atoms with Crippen LogP contribution in [0.25, 0.3) is 0 Å². The molecule has 2 bridgehead atoms. The Kier molecular flexibility index (Phi) is 6.87. The zero-order valence-corrected chi connectivity index (χ0v) is 20.1. The summed E-state index contributed by atoms with van der Waals surface area (Å²) < 4.78 is 6.13. The highest BCUT2D eigenvalue weighted by Crippen LogP contribution is 2.47. The topological polar surface area (TPSA) is 57.2 Å². The smallest absolute Gasteiger partial charge is 0.222 e. The number of fused-ring (bicyclic) bond motifs is 5. The van der Waals surface area contributed by atoms with Gasteiger partial charge in [-0.15, -0.1) is 24.0 Å². The van der Waals surface area contributed by atoms with Gasteiger partial charge in [0.05, 0.1) is 18.8 Å². The van der Waals surface area contributed by atoms with Crippen molar-refractivity contribution in [1.82, 2.24) is 15.1 Å². The van der Waals surface area contributed by atoms with Gasteiger partial charge in [0.15, 0.2) is 5.96 Å². The van der Waals surface area contributed by atoms with Crippen LogP contribution < -0.4 is 5.32 Å². The Morgan fingerprint density at radius 1 is 1.17 bits per heavy atom. The SMILES string of the molecule is CCNC(=NCc1ccccc1CN1CCCC1=O)N1CC2C3CCC(O3)C2C1.I. The first kappa shape index (κ1) is 21.9. The average Bonchev–Trinajstić information content (AvgIpc) is 3.49. The van der Waals surface area contributed by atoms with Crippen molar-refractivity contribution < 1.29 is 9.53 Å². The predicted octanol–water partition coefficient (Wildman–Crippen LogP) is 3.00. The Hall–Kier alpha value is -1.35. The molecule has 4 aliphatic rings. The maximum Gasteiger partial charge on any atom is 0.222 e. The number of nitrogens with one attached hydrogen (secondary N) is 1. The first-order valence-corrected chi connectivity index (χ1v) is 11.3. The van der Waals surface area contributed by atoms with Gasteiger partial charge >= 0.3 is 0 Å². The summed E-state index contributed by atoms with van der Waals surface area (Å²) in [6.07, 6.45) is 5.07. The molecule has 5 rings (SSSR count). The number of likely N-dealkylation sites (tertiary alicyclic amines) is 2. The zero-order chi connectivity index (χ0) is 19.8. The van der Waals surface area contributed by atoms with Gasteiger partial charge in [-0.2, -0.15) is 0 Å². The fourth-order valence-electron chi connectivity index (χ4n) is 5.66. The van der Waals surface area contributed by atoms with Crippen LogP contribution in [0.4, 0.5) is 0 Å². The standard InChI is InChI=1S/C23H32N4O2.HI/c1-2-24-23(27-14-18-19(15-27)21-10-9-20(18)29-21)25-12-16-6-3-4-7-17(16)13-26-11-5-8-22(26)28;/h3-4,6-7,18-21H,2,5,8-15H2,1H3,(H,24,25);1H. The lowest BCUT2D eigenvalue weighted by molar-refractivity contribution is -0.128. The number of amides is 1. The third-order valence-corrected chi connectivity index (χ3v) is 7.14.